The molecule has 0 bridgehead atoms. The lowest BCUT2D eigenvalue weighted by Gasteiger charge is -2.23. The molecule has 0 saturated carbocycles. The highest BCUT2D eigenvalue weighted by molar-refractivity contribution is 6.31. The summed E-state index contributed by atoms with van der Waals surface area (Å²) >= 11 is 5.88. The van der Waals surface area contributed by atoms with Crippen LogP contribution in [0.3, 0.4) is 0 Å². The maximum absolute atomic E-state index is 10.9. The smallest absolute Gasteiger partial charge is 0.292 e. The van der Waals surface area contributed by atoms with Crippen LogP contribution in [-0.4, -0.2) is 44.3 Å². The van der Waals surface area contributed by atoms with Gasteiger partial charge in [0.1, 0.15) is 18.8 Å². The third-order valence-electron chi connectivity index (χ3n) is 3.38. The highest BCUT2D eigenvalue weighted by Crippen LogP contribution is 2.27. The second-order valence-electron chi connectivity index (χ2n) is 4.81. The fourth-order valence-electron chi connectivity index (χ4n) is 2.28. The van der Waals surface area contributed by atoms with Crippen molar-refractivity contribution in [1.29, 1.82) is 0 Å². The Kier molecular flexibility index (Phi) is 5.58. The first-order valence-corrected chi connectivity index (χ1v) is 7.14. The van der Waals surface area contributed by atoms with E-state index in [1.165, 1.54) is 17.0 Å². The molecule has 1 saturated heterocycles. The van der Waals surface area contributed by atoms with Gasteiger partial charge < -0.3 is 15.0 Å². The van der Waals surface area contributed by atoms with Gasteiger partial charge in [0.15, 0.2) is 0 Å². The molecule has 110 valence electrons. The van der Waals surface area contributed by atoms with Gasteiger partial charge in [-0.1, -0.05) is 11.6 Å². The lowest BCUT2D eigenvalue weighted by molar-refractivity contribution is -0.908. The Bertz CT molecular complexity index is 464. The average Bonchev–Trinajstić information content (AvgIpc) is 2.44. The summed E-state index contributed by atoms with van der Waals surface area (Å²) in [5, 5.41) is 14.5. The molecule has 0 radical (unpaired) electrons. The highest BCUT2D eigenvalue weighted by atomic mass is 35.5. The van der Waals surface area contributed by atoms with Crippen LogP contribution in [0.1, 0.15) is 6.42 Å². The number of nitrogens with zero attached hydrogens (tertiary/aromatic N) is 1. The van der Waals surface area contributed by atoms with Crippen molar-refractivity contribution < 1.29 is 14.6 Å². The summed E-state index contributed by atoms with van der Waals surface area (Å²) in [5.41, 5.74) is 0.549. The quantitative estimate of drug-likeness (QED) is 0.466. The third kappa shape index (κ3) is 4.33. The number of nitrogens with one attached hydrogen (secondary N) is 2. The topological polar surface area (TPSA) is 68.8 Å². The number of nitro groups is 1. The number of morpholine rings is 1. The van der Waals surface area contributed by atoms with Crippen LogP contribution in [0.5, 0.6) is 0 Å². The Labute approximate surface area is 122 Å². The number of benzene rings is 1. The molecule has 0 spiro atoms. The first kappa shape index (κ1) is 15.0. The fourth-order valence-corrected chi connectivity index (χ4v) is 2.45. The van der Waals surface area contributed by atoms with Crippen LogP contribution >= 0.6 is 11.6 Å². The van der Waals surface area contributed by atoms with Crippen molar-refractivity contribution in [3.05, 3.63) is 33.3 Å². The van der Waals surface area contributed by atoms with Gasteiger partial charge >= 0.3 is 0 Å². The zero-order chi connectivity index (χ0) is 14.4. The summed E-state index contributed by atoms with van der Waals surface area (Å²) < 4.78 is 5.30. The van der Waals surface area contributed by atoms with Crippen molar-refractivity contribution in [2.75, 3.05) is 44.7 Å². The molecule has 0 aromatic heterocycles. The number of quaternary nitrogens is 1. The molecule has 1 heterocycles. The largest absolute Gasteiger partial charge is 0.379 e. The number of rotatable bonds is 6. The van der Waals surface area contributed by atoms with Gasteiger partial charge in [-0.25, -0.2) is 0 Å². The van der Waals surface area contributed by atoms with E-state index in [-0.39, 0.29) is 5.69 Å². The molecule has 1 aromatic carbocycles. The first-order chi connectivity index (χ1) is 9.66. The summed E-state index contributed by atoms with van der Waals surface area (Å²) in [6.45, 7) is 5.47. The average molecular weight is 301 g/mol. The van der Waals surface area contributed by atoms with E-state index < -0.39 is 4.92 Å². The van der Waals surface area contributed by atoms with Crippen molar-refractivity contribution in [3.8, 4) is 0 Å². The van der Waals surface area contributed by atoms with Gasteiger partial charge in [-0.2, -0.15) is 0 Å². The molecule has 0 atom stereocenters. The standard InChI is InChI=1S/C13H18ClN3O3/c14-11-2-3-13(17(18)19)12(10-11)15-4-1-5-16-6-8-20-9-7-16/h2-3,10,15H,1,4-9H2/p+1. The van der Waals surface area contributed by atoms with Crippen molar-refractivity contribution >= 4 is 23.0 Å². The van der Waals surface area contributed by atoms with Crippen LogP contribution in [0.15, 0.2) is 18.2 Å². The van der Waals surface area contributed by atoms with E-state index in [2.05, 4.69) is 5.32 Å². The molecular formula is C13H19ClN3O3+. The predicted molar refractivity (Wildman–Crippen MR) is 77.6 cm³/mol. The van der Waals surface area contributed by atoms with E-state index in [9.17, 15) is 10.1 Å². The van der Waals surface area contributed by atoms with E-state index in [1.54, 1.807) is 6.07 Å². The third-order valence-corrected chi connectivity index (χ3v) is 3.61. The lowest BCUT2D eigenvalue weighted by atomic mass is 10.2. The number of hydrogen-bond donors (Lipinski definition) is 2. The van der Waals surface area contributed by atoms with Gasteiger partial charge in [0.25, 0.3) is 5.69 Å². The van der Waals surface area contributed by atoms with Crippen LogP contribution in [0.2, 0.25) is 5.02 Å². The lowest BCUT2D eigenvalue weighted by Crippen LogP contribution is -3.14. The molecule has 2 N–H and O–H groups in total. The molecule has 20 heavy (non-hydrogen) atoms. The molecule has 1 aromatic rings. The molecule has 1 fully saturated rings. The Balaban J connectivity index is 1.81. The Morgan fingerprint density at radius 3 is 2.85 bits per heavy atom. The minimum Gasteiger partial charge on any atom is -0.379 e. The van der Waals surface area contributed by atoms with Gasteiger partial charge in [-0.15, -0.1) is 0 Å². The van der Waals surface area contributed by atoms with Crippen LogP contribution in [0.4, 0.5) is 11.4 Å². The molecule has 0 amide bonds. The number of halogens is 1. The number of ether oxygens (including phenoxy) is 1. The molecule has 0 unspecified atom stereocenters. The number of hydrogen-bond acceptors (Lipinski definition) is 4. The zero-order valence-electron chi connectivity index (χ0n) is 11.2. The maximum Gasteiger partial charge on any atom is 0.292 e. The normalized spacial score (nSPS) is 16.1. The van der Waals surface area contributed by atoms with E-state index in [1.807, 2.05) is 0 Å². The van der Waals surface area contributed by atoms with Gasteiger partial charge in [0.2, 0.25) is 0 Å². The summed E-state index contributed by atoms with van der Waals surface area (Å²) in [6.07, 6.45) is 0.957. The van der Waals surface area contributed by atoms with Crippen LogP contribution < -0.4 is 10.2 Å². The Hall–Kier alpha value is -1.37. The SMILES string of the molecule is O=[N+]([O-])c1ccc(Cl)cc1NCCC[NH+]1CCOCC1. The highest BCUT2D eigenvalue weighted by Gasteiger charge is 2.15. The summed E-state index contributed by atoms with van der Waals surface area (Å²) in [6, 6.07) is 4.56. The van der Waals surface area contributed by atoms with E-state index in [4.69, 9.17) is 16.3 Å². The zero-order valence-corrected chi connectivity index (χ0v) is 12.0. The van der Waals surface area contributed by atoms with Gasteiger partial charge in [-0.3, -0.25) is 10.1 Å². The van der Waals surface area contributed by atoms with E-state index in [0.717, 1.165) is 39.3 Å². The predicted octanol–water partition coefficient (Wildman–Crippen LogP) is 0.965. The molecule has 7 heteroatoms. The fraction of sp³-hybridized carbons (Fsp3) is 0.538. The molecule has 1 aliphatic rings. The van der Waals surface area contributed by atoms with Gasteiger partial charge in [0.05, 0.1) is 24.7 Å². The Morgan fingerprint density at radius 2 is 2.15 bits per heavy atom. The van der Waals surface area contributed by atoms with Crippen LogP contribution in [-0.2, 0) is 4.74 Å². The molecular weight excluding hydrogens is 282 g/mol. The van der Waals surface area contributed by atoms with E-state index >= 15 is 0 Å². The minimum absolute atomic E-state index is 0.0631. The molecule has 2 rings (SSSR count). The van der Waals surface area contributed by atoms with Crippen molar-refractivity contribution in [2.24, 2.45) is 0 Å². The first-order valence-electron chi connectivity index (χ1n) is 6.76. The van der Waals surface area contributed by atoms with E-state index in [0.29, 0.717) is 17.3 Å². The number of anilines is 1. The Morgan fingerprint density at radius 1 is 1.40 bits per heavy atom. The number of nitro benzene ring substituents is 1. The second kappa shape index (κ2) is 7.42. The van der Waals surface area contributed by atoms with Crippen molar-refractivity contribution in [2.45, 2.75) is 6.42 Å². The second-order valence-corrected chi connectivity index (χ2v) is 5.25. The molecule has 0 aliphatic carbocycles. The van der Waals surface area contributed by atoms with Gasteiger partial charge in [-0.05, 0) is 12.1 Å². The molecule has 6 nitrogen and oxygen atoms in total. The van der Waals surface area contributed by atoms with Gasteiger partial charge in [0, 0.05) is 24.1 Å². The van der Waals surface area contributed by atoms with Crippen molar-refractivity contribution in [3.63, 3.8) is 0 Å². The summed E-state index contributed by atoms with van der Waals surface area (Å²) in [7, 11) is 0. The van der Waals surface area contributed by atoms with Crippen LogP contribution in [0.25, 0.3) is 0 Å². The maximum atomic E-state index is 10.9. The minimum atomic E-state index is -0.397. The monoisotopic (exact) mass is 300 g/mol. The van der Waals surface area contributed by atoms with Crippen LogP contribution in [0, 0.1) is 10.1 Å². The summed E-state index contributed by atoms with van der Waals surface area (Å²) in [5.74, 6) is 0. The summed E-state index contributed by atoms with van der Waals surface area (Å²) in [4.78, 5) is 12.0. The molecule has 1 aliphatic heterocycles. The van der Waals surface area contributed by atoms with Crippen molar-refractivity contribution in [1.82, 2.24) is 0 Å².